The first-order valence-corrected chi connectivity index (χ1v) is 8.58. The summed E-state index contributed by atoms with van der Waals surface area (Å²) in [6.07, 6.45) is 3.62. The van der Waals surface area contributed by atoms with Gasteiger partial charge < -0.3 is 10.2 Å². The van der Waals surface area contributed by atoms with Crippen molar-refractivity contribution in [1.29, 1.82) is 0 Å². The quantitative estimate of drug-likeness (QED) is 0.617. The van der Waals surface area contributed by atoms with E-state index in [0.717, 1.165) is 16.3 Å². The maximum atomic E-state index is 11.8. The van der Waals surface area contributed by atoms with Crippen LogP contribution in [-0.4, -0.2) is 22.2 Å². The van der Waals surface area contributed by atoms with Gasteiger partial charge in [-0.05, 0) is 65.4 Å². The number of fused-ring (bicyclic) bond motifs is 1. The lowest BCUT2D eigenvalue weighted by atomic mass is 9.87. The maximum absolute atomic E-state index is 11.8. The molecule has 0 bridgehead atoms. The highest BCUT2D eigenvalue weighted by molar-refractivity contribution is 6.02. The molecule has 136 valence electrons. The Morgan fingerprint density at radius 1 is 0.741 bits per heavy atom. The van der Waals surface area contributed by atoms with E-state index < -0.39 is 11.9 Å². The Balaban J connectivity index is 2.16. The van der Waals surface area contributed by atoms with Gasteiger partial charge in [0.05, 0.1) is 11.1 Å². The molecule has 0 amide bonds. The van der Waals surface area contributed by atoms with E-state index >= 15 is 0 Å². The number of benzene rings is 3. The fraction of sp³-hybridized carbons (Fsp3) is 0.130. The monoisotopic (exact) mass is 360 g/mol. The number of carbonyl (C=O) groups is 2. The highest BCUT2D eigenvalue weighted by Crippen LogP contribution is 2.29. The molecule has 4 heteroatoms. The van der Waals surface area contributed by atoms with Crippen molar-refractivity contribution >= 4 is 34.9 Å². The van der Waals surface area contributed by atoms with Crippen LogP contribution in [0.5, 0.6) is 0 Å². The van der Waals surface area contributed by atoms with Crippen molar-refractivity contribution in [3.63, 3.8) is 0 Å². The lowest BCUT2D eigenvalue weighted by molar-refractivity contribution is 0.0695. The van der Waals surface area contributed by atoms with Crippen LogP contribution >= 0.6 is 0 Å². The minimum absolute atomic E-state index is 0.0348. The molecule has 0 aliphatic rings. The predicted molar refractivity (Wildman–Crippen MR) is 107 cm³/mol. The third-order valence-electron chi connectivity index (χ3n) is 5.00. The van der Waals surface area contributed by atoms with E-state index in [4.69, 9.17) is 0 Å². The van der Waals surface area contributed by atoms with Crippen LogP contribution in [0, 0.1) is 20.8 Å². The number of hydrogen-bond donors (Lipinski definition) is 2. The average Bonchev–Trinajstić information content (AvgIpc) is 2.62. The SMILES string of the molecule is Cc1c(C)c(C(=O)O)c(C)c(C(=O)O)c1C=Cc1ccc2ccccc2c1. The van der Waals surface area contributed by atoms with E-state index in [0.29, 0.717) is 16.7 Å². The molecule has 0 atom stereocenters. The van der Waals surface area contributed by atoms with Crippen molar-refractivity contribution in [2.45, 2.75) is 20.8 Å². The molecule has 3 aromatic carbocycles. The van der Waals surface area contributed by atoms with Gasteiger partial charge in [-0.3, -0.25) is 0 Å². The Morgan fingerprint density at radius 2 is 1.37 bits per heavy atom. The molecule has 0 aromatic heterocycles. The third-order valence-corrected chi connectivity index (χ3v) is 5.00. The molecule has 0 heterocycles. The smallest absolute Gasteiger partial charge is 0.336 e. The van der Waals surface area contributed by atoms with E-state index in [9.17, 15) is 19.8 Å². The lowest BCUT2D eigenvalue weighted by Crippen LogP contribution is -2.13. The molecule has 0 unspecified atom stereocenters. The van der Waals surface area contributed by atoms with E-state index in [1.54, 1.807) is 26.8 Å². The van der Waals surface area contributed by atoms with Gasteiger partial charge in [0.15, 0.2) is 0 Å². The van der Waals surface area contributed by atoms with Crippen molar-refractivity contribution in [3.8, 4) is 0 Å². The summed E-state index contributed by atoms with van der Waals surface area (Å²) in [5.41, 5.74) is 3.10. The number of aromatic carboxylic acids is 2. The molecular weight excluding hydrogens is 340 g/mol. The van der Waals surface area contributed by atoms with Crippen LogP contribution in [0.3, 0.4) is 0 Å². The van der Waals surface area contributed by atoms with Crippen molar-refractivity contribution < 1.29 is 19.8 Å². The van der Waals surface area contributed by atoms with Crippen LogP contribution in [0.15, 0.2) is 42.5 Å². The first-order chi connectivity index (χ1) is 12.8. The second-order valence-electron chi connectivity index (χ2n) is 6.59. The Bertz CT molecular complexity index is 1110. The summed E-state index contributed by atoms with van der Waals surface area (Å²) in [6.45, 7) is 5.02. The number of rotatable bonds is 4. The van der Waals surface area contributed by atoms with Crippen LogP contribution in [0.4, 0.5) is 0 Å². The summed E-state index contributed by atoms with van der Waals surface area (Å²) in [5.74, 6) is -2.24. The Labute approximate surface area is 157 Å². The normalized spacial score (nSPS) is 11.2. The molecular formula is C23H20O4. The van der Waals surface area contributed by atoms with Gasteiger partial charge in [0.1, 0.15) is 0 Å². The van der Waals surface area contributed by atoms with Crippen molar-refractivity contribution in [2.75, 3.05) is 0 Å². The zero-order valence-electron chi connectivity index (χ0n) is 15.4. The highest BCUT2D eigenvalue weighted by Gasteiger charge is 2.23. The fourth-order valence-corrected chi connectivity index (χ4v) is 3.48. The Hall–Kier alpha value is -3.40. The molecule has 2 N–H and O–H groups in total. The second-order valence-corrected chi connectivity index (χ2v) is 6.59. The molecule has 0 radical (unpaired) electrons. The molecule has 3 aromatic rings. The number of carboxylic acids is 2. The first-order valence-electron chi connectivity index (χ1n) is 8.58. The van der Waals surface area contributed by atoms with Crippen molar-refractivity contribution in [3.05, 3.63) is 81.4 Å². The van der Waals surface area contributed by atoms with Crippen LogP contribution in [0.2, 0.25) is 0 Å². The molecule has 0 spiro atoms. The summed E-state index contributed by atoms with van der Waals surface area (Å²) in [7, 11) is 0. The summed E-state index contributed by atoms with van der Waals surface area (Å²) in [5, 5.41) is 21.4. The minimum Gasteiger partial charge on any atom is -0.478 e. The van der Waals surface area contributed by atoms with Crippen LogP contribution in [0.25, 0.3) is 22.9 Å². The maximum Gasteiger partial charge on any atom is 0.336 e. The summed E-state index contributed by atoms with van der Waals surface area (Å²) in [6, 6.07) is 14.0. The van der Waals surface area contributed by atoms with Crippen LogP contribution in [0.1, 0.15) is 48.5 Å². The van der Waals surface area contributed by atoms with Gasteiger partial charge in [-0.15, -0.1) is 0 Å². The molecule has 3 rings (SSSR count). The van der Waals surface area contributed by atoms with Crippen LogP contribution in [-0.2, 0) is 0 Å². The van der Waals surface area contributed by atoms with Gasteiger partial charge in [-0.1, -0.05) is 48.6 Å². The summed E-state index contributed by atoms with van der Waals surface area (Å²) in [4.78, 5) is 23.4. The van der Waals surface area contributed by atoms with Gasteiger partial charge in [0, 0.05) is 0 Å². The molecule has 0 fully saturated rings. The van der Waals surface area contributed by atoms with Gasteiger partial charge >= 0.3 is 11.9 Å². The predicted octanol–water partition coefficient (Wildman–Crippen LogP) is 5.33. The van der Waals surface area contributed by atoms with E-state index in [1.807, 2.05) is 48.5 Å². The molecule has 0 aliphatic carbocycles. The van der Waals surface area contributed by atoms with E-state index in [2.05, 4.69) is 0 Å². The molecule has 27 heavy (non-hydrogen) atoms. The van der Waals surface area contributed by atoms with Gasteiger partial charge in [-0.25, -0.2) is 9.59 Å². The average molecular weight is 360 g/mol. The summed E-state index contributed by atoms with van der Waals surface area (Å²) >= 11 is 0. The third kappa shape index (κ3) is 3.34. The van der Waals surface area contributed by atoms with E-state index in [1.165, 1.54) is 0 Å². The molecule has 0 aliphatic heterocycles. The lowest BCUT2D eigenvalue weighted by Gasteiger charge is -2.16. The van der Waals surface area contributed by atoms with Crippen molar-refractivity contribution in [1.82, 2.24) is 0 Å². The Kier molecular flexibility index (Phi) is 4.82. The fourth-order valence-electron chi connectivity index (χ4n) is 3.48. The molecule has 4 nitrogen and oxygen atoms in total. The van der Waals surface area contributed by atoms with E-state index in [-0.39, 0.29) is 16.7 Å². The minimum atomic E-state index is -1.13. The standard InChI is InChI=1S/C23H20O4/c1-13-14(2)20(22(24)25)15(3)21(23(26)27)19(13)11-9-16-8-10-17-6-4-5-7-18(17)12-16/h4-12H,1-3H3,(H,24,25)(H,26,27). The van der Waals surface area contributed by atoms with Gasteiger partial charge in [0.2, 0.25) is 0 Å². The molecule has 0 saturated heterocycles. The Morgan fingerprint density at radius 3 is 2.00 bits per heavy atom. The first kappa shape index (κ1) is 18.4. The largest absolute Gasteiger partial charge is 0.478 e. The van der Waals surface area contributed by atoms with Crippen molar-refractivity contribution in [2.24, 2.45) is 0 Å². The number of hydrogen-bond acceptors (Lipinski definition) is 2. The second kappa shape index (κ2) is 7.08. The highest BCUT2D eigenvalue weighted by atomic mass is 16.4. The van der Waals surface area contributed by atoms with Crippen LogP contribution < -0.4 is 0 Å². The topological polar surface area (TPSA) is 74.6 Å². The zero-order valence-corrected chi connectivity index (χ0v) is 15.4. The van der Waals surface area contributed by atoms with Gasteiger partial charge in [0.25, 0.3) is 0 Å². The summed E-state index contributed by atoms with van der Waals surface area (Å²) < 4.78 is 0. The zero-order chi connectivity index (χ0) is 19.7. The molecule has 0 saturated carbocycles. The van der Waals surface area contributed by atoms with Gasteiger partial charge in [-0.2, -0.15) is 0 Å². The number of carboxylic acid groups (broad SMARTS) is 2.